The van der Waals surface area contributed by atoms with Gasteiger partial charge in [-0.3, -0.25) is 9.59 Å². The maximum atomic E-state index is 12.3. The van der Waals surface area contributed by atoms with E-state index in [4.69, 9.17) is 0 Å². The molecule has 0 heterocycles. The molecule has 7 nitrogen and oxygen atoms in total. The zero-order valence-corrected chi connectivity index (χ0v) is 13.5. The molecule has 1 N–H and O–H groups in total. The van der Waals surface area contributed by atoms with Crippen molar-refractivity contribution in [2.24, 2.45) is 5.92 Å². The van der Waals surface area contributed by atoms with E-state index in [0.29, 0.717) is 13.0 Å². The van der Waals surface area contributed by atoms with E-state index in [0.717, 1.165) is 6.26 Å². The summed E-state index contributed by atoms with van der Waals surface area (Å²) in [6, 6.07) is -0.866. The largest absolute Gasteiger partial charge is 0.468 e. The molecule has 0 saturated carbocycles. The Hall–Kier alpha value is -1.15. The van der Waals surface area contributed by atoms with Crippen molar-refractivity contribution in [1.82, 2.24) is 9.62 Å². The topological polar surface area (TPSA) is 92.8 Å². The van der Waals surface area contributed by atoms with Crippen LogP contribution in [0.1, 0.15) is 27.2 Å². The van der Waals surface area contributed by atoms with E-state index in [1.165, 1.54) is 12.0 Å². The number of hydrogen-bond donors (Lipinski definition) is 1. The molecule has 0 aromatic heterocycles. The zero-order chi connectivity index (χ0) is 15.9. The van der Waals surface area contributed by atoms with Gasteiger partial charge in [0.15, 0.2) is 0 Å². The average molecular weight is 308 g/mol. The summed E-state index contributed by atoms with van der Waals surface area (Å²) in [6.07, 6.45) is 1.37. The molecule has 0 aliphatic rings. The second-order valence-corrected chi connectivity index (χ2v) is 6.78. The highest BCUT2D eigenvalue weighted by molar-refractivity contribution is 7.88. The van der Waals surface area contributed by atoms with Gasteiger partial charge in [-0.15, -0.1) is 0 Å². The number of methoxy groups -OCH3 is 1. The number of amides is 1. The SMILES string of the molecule is CCN(CC(=O)OC)C(=O)C(CC(C)C)NS(C)(=O)=O. The lowest BCUT2D eigenvalue weighted by atomic mass is 10.0. The van der Waals surface area contributed by atoms with Crippen LogP contribution in [0.2, 0.25) is 0 Å². The number of nitrogens with zero attached hydrogens (tertiary/aromatic N) is 1. The van der Waals surface area contributed by atoms with E-state index >= 15 is 0 Å². The summed E-state index contributed by atoms with van der Waals surface area (Å²) in [7, 11) is -2.27. The number of hydrogen-bond acceptors (Lipinski definition) is 5. The van der Waals surface area contributed by atoms with Gasteiger partial charge in [0, 0.05) is 6.54 Å². The minimum absolute atomic E-state index is 0.134. The minimum atomic E-state index is -3.50. The predicted octanol–water partition coefficient (Wildman–Crippen LogP) is -0.0282. The van der Waals surface area contributed by atoms with E-state index in [1.807, 2.05) is 13.8 Å². The number of esters is 1. The third kappa shape index (κ3) is 7.44. The molecular formula is C12H24N2O5S. The Morgan fingerprint density at radius 3 is 2.20 bits per heavy atom. The Balaban J connectivity index is 5.02. The van der Waals surface area contributed by atoms with Gasteiger partial charge in [-0.2, -0.15) is 0 Å². The van der Waals surface area contributed by atoms with Crippen molar-refractivity contribution in [3.8, 4) is 0 Å². The predicted molar refractivity (Wildman–Crippen MR) is 75.5 cm³/mol. The van der Waals surface area contributed by atoms with Gasteiger partial charge >= 0.3 is 5.97 Å². The van der Waals surface area contributed by atoms with Crippen LogP contribution >= 0.6 is 0 Å². The van der Waals surface area contributed by atoms with Crippen LogP contribution in [0.5, 0.6) is 0 Å². The molecule has 8 heteroatoms. The monoisotopic (exact) mass is 308 g/mol. The second-order valence-electron chi connectivity index (χ2n) is 5.00. The Morgan fingerprint density at radius 1 is 1.30 bits per heavy atom. The van der Waals surface area contributed by atoms with Gasteiger partial charge in [0.25, 0.3) is 0 Å². The lowest BCUT2D eigenvalue weighted by molar-refractivity contribution is -0.147. The van der Waals surface area contributed by atoms with Gasteiger partial charge in [-0.05, 0) is 19.3 Å². The van der Waals surface area contributed by atoms with E-state index in [1.54, 1.807) is 6.92 Å². The summed E-state index contributed by atoms with van der Waals surface area (Å²) in [5.74, 6) is -0.824. The molecule has 0 rings (SSSR count). The number of nitrogens with one attached hydrogen (secondary N) is 1. The highest BCUT2D eigenvalue weighted by Crippen LogP contribution is 2.09. The first-order valence-corrected chi connectivity index (χ1v) is 8.32. The fourth-order valence-corrected chi connectivity index (χ4v) is 2.43. The zero-order valence-electron chi connectivity index (χ0n) is 12.7. The molecule has 0 spiro atoms. The van der Waals surface area contributed by atoms with Gasteiger partial charge in [0.05, 0.1) is 13.4 Å². The summed E-state index contributed by atoms with van der Waals surface area (Å²) >= 11 is 0. The number of likely N-dealkylation sites (N-methyl/N-ethyl adjacent to an activating group) is 1. The van der Waals surface area contributed by atoms with Crippen molar-refractivity contribution in [3.05, 3.63) is 0 Å². The molecule has 0 saturated heterocycles. The maximum absolute atomic E-state index is 12.3. The Bertz CT molecular complexity index is 433. The van der Waals surface area contributed by atoms with E-state index < -0.39 is 27.9 Å². The first kappa shape index (κ1) is 18.9. The Kier molecular flexibility index (Phi) is 7.74. The normalized spacial score (nSPS) is 13.1. The standard InChI is InChI=1S/C12H24N2O5S/c1-6-14(8-11(15)19-4)12(16)10(7-9(2)3)13-20(5,17)18/h9-10,13H,6-8H2,1-5H3. The molecule has 118 valence electrons. The number of ether oxygens (including phenoxy) is 1. The van der Waals surface area contributed by atoms with Gasteiger partial charge in [-0.1, -0.05) is 13.8 Å². The highest BCUT2D eigenvalue weighted by Gasteiger charge is 2.28. The quantitative estimate of drug-likeness (QED) is 0.636. The van der Waals surface area contributed by atoms with Crippen molar-refractivity contribution < 1.29 is 22.7 Å². The summed E-state index contributed by atoms with van der Waals surface area (Å²) in [6.45, 7) is 5.61. The van der Waals surface area contributed by atoms with Crippen LogP contribution in [0.15, 0.2) is 0 Å². The van der Waals surface area contributed by atoms with E-state index in [-0.39, 0.29) is 12.5 Å². The van der Waals surface area contributed by atoms with Gasteiger partial charge in [0.2, 0.25) is 15.9 Å². The smallest absolute Gasteiger partial charge is 0.325 e. The van der Waals surface area contributed by atoms with Crippen molar-refractivity contribution in [2.45, 2.75) is 33.2 Å². The fraction of sp³-hybridized carbons (Fsp3) is 0.833. The maximum Gasteiger partial charge on any atom is 0.325 e. The van der Waals surface area contributed by atoms with E-state index in [2.05, 4.69) is 9.46 Å². The minimum Gasteiger partial charge on any atom is -0.468 e. The van der Waals surface area contributed by atoms with Crippen molar-refractivity contribution in [3.63, 3.8) is 0 Å². The first-order chi connectivity index (χ1) is 9.10. The Morgan fingerprint density at radius 2 is 1.85 bits per heavy atom. The number of rotatable bonds is 8. The van der Waals surface area contributed by atoms with Gasteiger partial charge in [-0.25, -0.2) is 13.1 Å². The molecular weight excluding hydrogens is 284 g/mol. The molecule has 0 aromatic rings. The molecule has 0 aromatic carbocycles. The Labute approximate surface area is 120 Å². The van der Waals surface area contributed by atoms with Crippen molar-refractivity contribution >= 4 is 21.9 Å². The molecule has 0 radical (unpaired) electrons. The van der Waals surface area contributed by atoms with Crippen LogP contribution in [-0.2, 0) is 24.3 Å². The molecule has 0 fully saturated rings. The van der Waals surface area contributed by atoms with Gasteiger partial charge < -0.3 is 9.64 Å². The van der Waals surface area contributed by atoms with Crippen molar-refractivity contribution in [2.75, 3.05) is 26.5 Å². The lowest BCUT2D eigenvalue weighted by Gasteiger charge is -2.26. The average Bonchev–Trinajstić information content (AvgIpc) is 2.31. The summed E-state index contributed by atoms with van der Waals surface area (Å²) in [4.78, 5) is 24.9. The van der Waals surface area contributed by atoms with Crippen LogP contribution in [-0.4, -0.2) is 57.7 Å². The first-order valence-electron chi connectivity index (χ1n) is 6.43. The third-order valence-electron chi connectivity index (χ3n) is 2.60. The number of carbonyl (C=O) groups is 2. The molecule has 0 aliphatic heterocycles. The fourth-order valence-electron chi connectivity index (χ4n) is 1.72. The molecule has 1 amide bonds. The number of sulfonamides is 1. The number of carbonyl (C=O) groups excluding carboxylic acids is 2. The highest BCUT2D eigenvalue weighted by atomic mass is 32.2. The van der Waals surface area contributed by atoms with Gasteiger partial charge in [0.1, 0.15) is 12.6 Å². The molecule has 0 aliphatic carbocycles. The third-order valence-corrected chi connectivity index (χ3v) is 3.32. The van der Waals surface area contributed by atoms with Crippen LogP contribution in [0.25, 0.3) is 0 Å². The summed E-state index contributed by atoms with van der Waals surface area (Å²) in [5, 5.41) is 0. The lowest BCUT2D eigenvalue weighted by Crippen LogP contribution is -2.50. The second kappa shape index (κ2) is 8.21. The molecule has 0 bridgehead atoms. The van der Waals surface area contributed by atoms with Crippen LogP contribution in [0, 0.1) is 5.92 Å². The molecule has 1 unspecified atom stereocenters. The van der Waals surface area contributed by atoms with Crippen molar-refractivity contribution in [1.29, 1.82) is 0 Å². The van der Waals surface area contributed by atoms with Crippen LogP contribution in [0.4, 0.5) is 0 Å². The molecule has 20 heavy (non-hydrogen) atoms. The summed E-state index contributed by atoms with van der Waals surface area (Å²) < 4.78 is 29.5. The van der Waals surface area contributed by atoms with Crippen LogP contribution in [0.3, 0.4) is 0 Å². The summed E-state index contributed by atoms with van der Waals surface area (Å²) in [5.41, 5.74) is 0. The molecule has 1 atom stereocenters. The van der Waals surface area contributed by atoms with E-state index in [9.17, 15) is 18.0 Å². The van der Waals surface area contributed by atoms with Crippen LogP contribution < -0.4 is 4.72 Å².